The van der Waals surface area contributed by atoms with E-state index in [1.807, 2.05) is 0 Å². The first kappa shape index (κ1) is 19.3. The van der Waals surface area contributed by atoms with E-state index >= 15 is 0 Å². The standard InChI is InChI=1S/C18H17ClN2O5S/c1-11(22)21-14(10-27-17(21)15-7-4-8-25-15)18(24)26-9-16(23)20-13-6-3-2-5-12(13)19/h2-8,14,17H,9-10H2,1H3,(H,20,23)/t14-,17+/m0/s1. The zero-order valence-corrected chi connectivity index (χ0v) is 16.0. The van der Waals surface area contributed by atoms with Crippen LogP contribution >= 0.6 is 23.4 Å². The summed E-state index contributed by atoms with van der Waals surface area (Å²) in [7, 11) is 0. The van der Waals surface area contributed by atoms with Gasteiger partial charge in [0, 0.05) is 12.7 Å². The van der Waals surface area contributed by atoms with Crippen LogP contribution in [0, 0.1) is 0 Å². The summed E-state index contributed by atoms with van der Waals surface area (Å²) in [5, 5.41) is 2.56. The molecular weight excluding hydrogens is 392 g/mol. The molecule has 142 valence electrons. The number of halogens is 1. The lowest BCUT2D eigenvalue weighted by Gasteiger charge is -2.25. The van der Waals surface area contributed by atoms with Crippen molar-refractivity contribution in [3.05, 3.63) is 53.4 Å². The van der Waals surface area contributed by atoms with Gasteiger partial charge in [0.1, 0.15) is 17.2 Å². The van der Waals surface area contributed by atoms with Gasteiger partial charge in [0.05, 0.1) is 17.0 Å². The average molecular weight is 409 g/mol. The maximum Gasteiger partial charge on any atom is 0.330 e. The van der Waals surface area contributed by atoms with Crippen LogP contribution in [0.3, 0.4) is 0 Å². The molecule has 1 N–H and O–H groups in total. The zero-order chi connectivity index (χ0) is 19.4. The smallest absolute Gasteiger partial charge is 0.330 e. The van der Waals surface area contributed by atoms with Crippen LogP contribution in [-0.2, 0) is 19.1 Å². The number of esters is 1. The Morgan fingerprint density at radius 1 is 1.30 bits per heavy atom. The van der Waals surface area contributed by atoms with Crippen molar-refractivity contribution in [2.24, 2.45) is 0 Å². The Balaban J connectivity index is 1.59. The molecule has 1 aliphatic rings. The fourth-order valence-corrected chi connectivity index (χ4v) is 4.30. The average Bonchev–Trinajstić information content (AvgIpc) is 3.30. The summed E-state index contributed by atoms with van der Waals surface area (Å²) in [5.41, 5.74) is 0.430. The summed E-state index contributed by atoms with van der Waals surface area (Å²) in [5.74, 6) is -0.485. The van der Waals surface area contributed by atoms with Gasteiger partial charge >= 0.3 is 5.97 Å². The fraction of sp³-hybridized carbons (Fsp3) is 0.278. The molecule has 0 saturated carbocycles. The van der Waals surface area contributed by atoms with E-state index in [0.717, 1.165) is 0 Å². The second-order valence-corrected chi connectivity index (χ2v) is 7.30. The Hall–Kier alpha value is -2.45. The third-order valence-corrected chi connectivity index (χ3v) is 5.53. The molecule has 1 aromatic heterocycles. The van der Waals surface area contributed by atoms with Crippen molar-refractivity contribution in [1.29, 1.82) is 0 Å². The van der Waals surface area contributed by atoms with Crippen molar-refractivity contribution in [3.63, 3.8) is 0 Å². The molecule has 1 saturated heterocycles. The van der Waals surface area contributed by atoms with Crippen molar-refractivity contribution in [2.45, 2.75) is 18.3 Å². The number of ether oxygens (including phenoxy) is 1. The first-order valence-corrected chi connectivity index (χ1v) is 9.55. The predicted octanol–water partition coefficient (Wildman–Crippen LogP) is 3.08. The van der Waals surface area contributed by atoms with Crippen LogP contribution in [0.4, 0.5) is 5.69 Å². The highest BCUT2D eigenvalue weighted by Crippen LogP contribution is 2.41. The topological polar surface area (TPSA) is 88.8 Å². The van der Waals surface area contributed by atoms with Gasteiger partial charge < -0.3 is 19.4 Å². The molecule has 0 bridgehead atoms. The van der Waals surface area contributed by atoms with E-state index < -0.39 is 29.9 Å². The Morgan fingerprint density at radius 3 is 2.74 bits per heavy atom. The fourth-order valence-electron chi connectivity index (χ4n) is 2.71. The lowest BCUT2D eigenvalue weighted by atomic mass is 10.2. The van der Waals surface area contributed by atoms with Crippen LogP contribution in [0.15, 0.2) is 47.1 Å². The number of benzene rings is 1. The lowest BCUT2D eigenvalue weighted by Crippen LogP contribution is -2.43. The van der Waals surface area contributed by atoms with E-state index in [2.05, 4.69) is 5.32 Å². The molecule has 0 unspecified atom stereocenters. The molecule has 1 aromatic carbocycles. The molecule has 3 rings (SSSR count). The van der Waals surface area contributed by atoms with E-state index in [-0.39, 0.29) is 5.91 Å². The predicted molar refractivity (Wildman–Crippen MR) is 101 cm³/mol. The van der Waals surface area contributed by atoms with Crippen LogP contribution in [0.25, 0.3) is 0 Å². The summed E-state index contributed by atoms with van der Waals surface area (Å²) >= 11 is 7.38. The quantitative estimate of drug-likeness (QED) is 0.765. The van der Waals surface area contributed by atoms with E-state index in [1.54, 1.807) is 36.4 Å². The molecular formula is C18H17ClN2O5S. The number of hydrogen-bond acceptors (Lipinski definition) is 6. The Labute approximate surface area is 165 Å². The third-order valence-electron chi connectivity index (χ3n) is 3.92. The number of carbonyl (C=O) groups is 3. The van der Waals surface area contributed by atoms with Crippen molar-refractivity contribution in [2.75, 3.05) is 17.7 Å². The monoisotopic (exact) mass is 408 g/mol. The molecule has 2 amide bonds. The third kappa shape index (κ3) is 4.45. The molecule has 1 fully saturated rings. The van der Waals surface area contributed by atoms with Gasteiger partial charge in [-0.3, -0.25) is 9.59 Å². The van der Waals surface area contributed by atoms with Gasteiger partial charge in [0.25, 0.3) is 5.91 Å². The highest BCUT2D eigenvalue weighted by Gasteiger charge is 2.43. The number of nitrogens with zero attached hydrogens (tertiary/aromatic N) is 1. The Morgan fingerprint density at radius 2 is 2.07 bits per heavy atom. The van der Waals surface area contributed by atoms with Gasteiger partial charge in [-0.15, -0.1) is 11.8 Å². The van der Waals surface area contributed by atoms with Gasteiger partial charge in [-0.25, -0.2) is 4.79 Å². The number of carbonyl (C=O) groups excluding carboxylic acids is 3. The second kappa shape index (κ2) is 8.49. The van der Waals surface area contributed by atoms with Gasteiger partial charge in [-0.05, 0) is 24.3 Å². The highest BCUT2D eigenvalue weighted by atomic mass is 35.5. The van der Waals surface area contributed by atoms with Crippen molar-refractivity contribution in [3.8, 4) is 0 Å². The molecule has 1 aliphatic heterocycles. The van der Waals surface area contributed by atoms with Gasteiger partial charge in [0.15, 0.2) is 6.61 Å². The van der Waals surface area contributed by atoms with Crippen LogP contribution in [0.5, 0.6) is 0 Å². The van der Waals surface area contributed by atoms with E-state index in [0.29, 0.717) is 22.2 Å². The van der Waals surface area contributed by atoms with Crippen LogP contribution < -0.4 is 5.32 Å². The lowest BCUT2D eigenvalue weighted by molar-refractivity contribution is -0.155. The van der Waals surface area contributed by atoms with Crippen LogP contribution in [0.2, 0.25) is 5.02 Å². The molecule has 0 aliphatic carbocycles. The summed E-state index contributed by atoms with van der Waals surface area (Å²) in [4.78, 5) is 37.9. The first-order valence-electron chi connectivity index (χ1n) is 8.12. The number of hydrogen-bond donors (Lipinski definition) is 1. The molecule has 27 heavy (non-hydrogen) atoms. The van der Waals surface area contributed by atoms with Crippen LogP contribution in [-0.4, -0.2) is 41.1 Å². The van der Waals surface area contributed by atoms with E-state index in [9.17, 15) is 14.4 Å². The number of amides is 2. The van der Waals surface area contributed by atoms with Gasteiger partial charge in [-0.1, -0.05) is 23.7 Å². The zero-order valence-electron chi connectivity index (χ0n) is 14.4. The minimum Gasteiger partial charge on any atom is -0.466 e. The number of thioether (sulfide) groups is 1. The van der Waals surface area contributed by atoms with Gasteiger partial charge in [-0.2, -0.15) is 0 Å². The van der Waals surface area contributed by atoms with Crippen molar-refractivity contribution >= 4 is 46.8 Å². The van der Waals surface area contributed by atoms with Crippen LogP contribution in [0.1, 0.15) is 18.1 Å². The van der Waals surface area contributed by atoms with Gasteiger partial charge in [0.2, 0.25) is 5.91 Å². The number of furan rings is 1. The minimum absolute atomic E-state index is 0.274. The minimum atomic E-state index is -0.782. The van der Waals surface area contributed by atoms with E-state index in [4.69, 9.17) is 20.8 Å². The molecule has 9 heteroatoms. The Bertz CT molecular complexity index is 842. The number of nitrogens with one attached hydrogen (secondary N) is 1. The summed E-state index contributed by atoms with van der Waals surface area (Å²) < 4.78 is 10.5. The Kier molecular flexibility index (Phi) is 6.08. The molecule has 0 radical (unpaired) electrons. The maximum absolute atomic E-state index is 12.4. The largest absolute Gasteiger partial charge is 0.466 e. The molecule has 2 atom stereocenters. The number of rotatable bonds is 5. The molecule has 2 heterocycles. The first-order chi connectivity index (χ1) is 13.0. The second-order valence-electron chi connectivity index (χ2n) is 5.78. The molecule has 7 nitrogen and oxygen atoms in total. The summed E-state index contributed by atoms with van der Waals surface area (Å²) in [6.07, 6.45) is 1.51. The maximum atomic E-state index is 12.4. The SMILES string of the molecule is CC(=O)N1[C@@H](c2ccco2)SC[C@H]1C(=O)OCC(=O)Nc1ccccc1Cl. The summed E-state index contributed by atoms with van der Waals surface area (Å²) in [6.45, 7) is 0.911. The highest BCUT2D eigenvalue weighted by molar-refractivity contribution is 7.99. The van der Waals surface area contributed by atoms with Crippen molar-refractivity contribution in [1.82, 2.24) is 4.90 Å². The normalized spacial score (nSPS) is 19.0. The number of para-hydroxylation sites is 1. The number of anilines is 1. The molecule has 2 aromatic rings. The summed E-state index contributed by atoms with van der Waals surface area (Å²) in [6, 6.07) is 9.43. The van der Waals surface area contributed by atoms with Crippen molar-refractivity contribution < 1.29 is 23.5 Å². The molecule has 0 spiro atoms. The van der Waals surface area contributed by atoms with E-state index in [1.165, 1.54) is 29.8 Å².